The van der Waals surface area contributed by atoms with Gasteiger partial charge in [0.25, 0.3) is 0 Å². The predicted molar refractivity (Wildman–Crippen MR) is 106 cm³/mol. The Morgan fingerprint density at radius 2 is 1.92 bits per heavy atom. The number of imidazole rings is 2. The molecule has 26 heavy (non-hydrogen) atoms. The second-order valence-electron chi connectivity index (χ2n) is 5.84. The zero-order valence-corrected chi connectivity index (χ0v) is 16.8. The van der Waals surface area contributed by atoms with E-state index in [-0.39, 0.29) is 6.54 Å². The maximum Gasteiger partial charge on any atom is 0.142 e. The van der Waals surface area contributed by atoms with Gasteiger partial charge >= 0.3 is 0 Å². The van der Waals surface area contributed by atoms with Crippen LogP contribution in [0.1, 0.15) is 5.56 Å². The highest BCUT2D eigenvalue weighted by Crippen LogP contribution is 2.27. The summed E-state index contributed by atoms with van der Waals surface area (Å²) in [6, 6.07) is 7.85. The second kappa shape index (κ2) is 7.28. The van der Waals surface area contributed by atoms with Gasteiger partial charge in [-0.3, -0.25) is 4.98 Å². The Morgan fingerprint density at radius 3 is 2.69 bits per heavy atom. The topological polar surface area (TPSA) is 48.5 Å². The van der Waals surface area contributed by atoms with Gasteiger partial charge in [0, 0.05) is 22.4 Å². The first-order chi connectivity index (χ1) is 12.7. The molecule has 0 unspecified atom stereocenters. The molecule has 0 N–H and O–H groups in total. The summed E-state index contributed by atoms with van der Waals surface area (Å²) in [6.45, 7) is 0.427. The molecule has 0 aliphatic rings. The highest BCUT2D eigenvalue weighted by Gasteiger charge is 2.14. The number of fused-ring (bicyclic) bond motifs is 1. The Kier molecular flexibility index (Phi) is 4.86. The lowest BCUT2D eigenvalue weighted by Gasteiger charge is -2.09. The van der Waals surface area contributed by atoms with Crippen LogP contribution < -0.4 is 0 Å². The Bertz CT molecular complexity index is 1070. The smallest absolute Gasteiger partial charge is 0.142 e. The van der Waals surface area contributed by atoms with E-state index in [1.807, 2.05) is 39.6 Å². The fourth-order valence-corrected chi connectivity index (χ4v) is 3.63. The van der Waals surface area contributed by atoms with E-state index in [1.54, 1.807) is 18.7 Å². The normalized spacial score (nSPS) is 11.3. The molecule has 3 aromatic heterocycles. The van der Waals surface area contributed by atoms with Crippen LogP contribution in [0.15, 0.2) is 58.3 Å². The molecule has 0 fully saturated rings. The third-order valence-electron chi connectivity index (χ3n) is 4.09. The first-order valence-corrected chi connectivity index (χ1v) is 9.56. The fourth-order valence-electron chi connectivity index (χ4n) is 2.94. The number of hydrogen-bond donors (Lipinski definition) is 0. The summed E-state index contributed by atoms with van der Waals surface area (Å²) in [7, 11) is 0. The van der Waals surface area contributed by atoms with Gasteiger partial charge in [0.1, 0.15) is 17.1 Å². The van der Waals surface area contributed by atoms with E-state index in [2.05, 4.69) is 41.8 Å². The van der Waals surface area contributed by atoms with Gasteiger partial charge in [-0.1, -0.05) is 15.9 Å². The van der Waals surface area contributed by atoms with Crippen LogP contribution in [0.5, 0.6) is 0 Å². The van der Waals surface area contributed by atoms with Crippen LogP contribution in [0.4, 0.5) is 4.39 Å². The van der Waals surface area contributed by atoms with Gasteiger partial charge in [-0.25, -0.2) is 14.4 Å². The number of aryl methyl sites for hydroxylation is 1. The number of hydrogen-bond acceptors (Lipinski definition) is 3. The van der Waals surface area contributed by atoms with E-state index in [4.69, 9.17) is 4.98 Å². The molecule has 0 amide bonds. The van der Waals surface area contributed by atoms with Crippen molar-refractivity contribution in [2.75, 3.05) is 6.67 Å². The van der Waals surface area contributed by atoms with Crippen LogP contribution in [0, 0.1) is 0 Å². The van der Waals surface area contributed by atoms with Crippen molar-refractivity contribution in [3.8, 4) is 11.4 Å². The average Bonchev–Trinajstić information content (AvgIpc) is 3.20. The van der Waals surface area contributed by atoms with Crippen molar-refractivity contribution in [2.24, 2.45) is 0 Å². The number of halogens is 3. The van der Waals surface area contributed by atoms with E-state index in [1.165, 1.54) is 0 Å². The Hall–Kier alpha value is -2.06. The van der Waals surface area contributed by atoms with Gasteiger partial charge < -0.3 is 9.13 Å². The second-order valence-corrected chi connectivity index (χ2v) is 7.56. The summed E-state index contributed by atoms with van der Waals surface area (Å²) in [5, 5.41) is 0. The molecule has 0 saturated heterocycles. The lowest BCUT2D eigenvalue weighted by atomic mass is 10.2. The summed E-state index contributed by atoms with van der Waals surface area (Å²) in [5.74, 6) is 0.717. The summed E-state index contributed by atoms with van der Waals surface area (Å²) in [4.78, 5) is 13.2. The quantitative estimate of drug-likeness (QED) is 0.412. The number of rotatable bonds is 5. The first-order valence-electron chi connectivity index (χ1n) is 7.97. The van der Waals surface area contributed by atoms with Crippen molar-refractivity contribution in [2.45, 2.75) is 13.1 Å². The average molecular weight is 479 g/mol. The van der Waals surface area contributed by atoms with Crippen LogP contribution in [0.25, 0.3) is 22.4 Å². The lowest BCUT2D eigenvalue weighted by Crippen LogP contribution is -2.04. The van der Waals surface area contributed by atoms with E-state index in [9.17, 15) is 4.39 Å². The lowest BCUT2D eigenvalue weighted by molar-refractivity contribution is 0.451. The van der Waals surface area contributed by atoms with Crippen LogP contribution in [0.2, 0.25) is 0 Å². The Balaban J connectivity index is 1.78. The maximum atomic E-state index is 13.2. The Labute approximate surface area is 166 Å². The molecule has 4 aromatic rings. The van der Waals surface area contributed by atoms with Crippen LogP contribution in [-0.4, -0.2) is 30.8 Å². The van der Waals surface area contributed by atoms with Gasteiger partial charge in [0.15, 0.2) is 0 Å². The van der Waals surface area contributed by atoms with Gasteiger partial charge in [-0.05, 0) is 45.8 Å². The summed E-state index contributed by atoms with van der Waals surface area (Å²) >= 11 is 6.94. The van der Waals surface area contributed by atoms with Gasteiger partial charge in [0.05, 0.1) is 36.6 Å². The largest absolute Gasteiger partial charge is 0.321 e. The highest BCUT2D eigenvalue weighted by atomic mass is 79.9. The maximum absolute atomic E-state index is 13.2. The van der Waals surface area contributed by atoms with Crippen molar-refractivity contribution >= 4 is 42.9 Å². The highest BCUT2D eigenvalue weighted by molar-refractivity contribution is 9.10. The molecule has 8 heteroatoms. The summed E-state index contributed by atoms with van der Waals surface area (Å²) < 4.78 is 18.9. The van der Waals surface area contributed by atoms with Crippen LogP contribution >= 0.6 is 31.9 Å². The molecule has 0 aliphatic heterocycles. The van der Waals surface area contributed by atoms with E-state index in [0.29, 0.717) is 6.54 Å². The van der Waals surface area contributed by atoms with Crippen LogP contribution in [0.3, 0.4) is 0 Å². The molecular formula is C18H14Br2FN5. The third-order valence-corrected chi connectivity index (χ3v) is 5.24. The summed E-state index contributed by atoms with van der Waals surface area (Å²) in [5.41, 5.74) is 3.61. The molecule has 0 aliphatic carbocycles. The van der Waals surface area contributed by atoms with E-state index in [0.717, 1.165) is 37.1 Å². The zero-order chi connectivity index (χ0) is 18.1. The molecule has 0 bridgehead atoms. The SMILES string of the molecule is FCCn1c(-c2cncc(Cn3cncc3Br)c2)nc2ccc(Br)cc21. The molecule has 5 nitrogen and oxygen atoms in total. The molecule has 0 spiro atoms. The molecule has 4 rings (SSSR count). The van der Waals surface area contributed by atoms with Crippen molar-refractivity contribution in [3.05, 3.63) is 63.8 Å². The van der Waals surface area contributed by atoms with E-state index < -0.39 is 6.67 Å². The minimum Gasteiger partial charge on any atom is -0.321 e. The van der Waals surface area contributed by atoms with Crippen molar-refractivity contribution in [3.63, 3.8) is 0 Å². The molecule has 3 heterocycles. The first kappa shape index (κ1) is 17.4. The molecule has 1 aromatic carbocycles. The number of alkyl halides is 1. The predicted octanol–water partition coefficient (Wildman–Crippen LogP) is 4.84. The monoisotopic (exact) mass is 477 g/mol. The van der Waals surface area contributed by atoms with Crippen molar-refractivity contribution < 1.29 is 4.39 Å². The minimum absolute atomic E-state index is 0.250. The molecule has 0 saturated carbocycles. The Morgan fingerprint density at radius 1 is 1.04 bits per heavy atom. The standard InChI is InChI=1S/C18H14Br2FN5/c19-14-1-2-15-16(6-14)26(4-3-21)18(24-15)13-5-12(7-22-8-13)10-25-11-23-9-17(25)20/h1-2,5-9,11H,3-4,10H2. The molecule has 0 atom stereocenters. The molecule has 0 radical (unpaired) electrons. The third kappa shape index (κ3) is 3.31. The number of nitrogens with zero attached hydrogens (tertiary/aromatic N) is 5. The number of aromatic nitrogens is 5. The minimum atomic E-state index is -0.458. The van der Waals surface area contributed by atoms with Crippen molar-refractivity contribution in [1.82, 2.24) is 24.1 Å². The molecule has 132 valence electrons. The van der Waals surface area contributed by atoms with Gasteiger partial charge in [-0.15, -0.1) is 0 Å². The summed E-state index contributed by atoms with van der Waals surface area (Å²) in [6.07, 6.45) is 7.08. The van der Waals surface area contributed by atoms with Gasteiger partial charge in [0.2, 0.25) is 0 Å². The number of pyridine rings is 1. The zero-order valence-electron chi connectivity index (χ0n) is 13.6. The fraction of sp³-hybridized carbons (Fsp3) is 0.167. The van der Waals surface area contributed by atoms with Gasteiger partial charge in [-0.2, -0.15) is 0 Å². The van der Waals surface area contributed by atoms with Crippen molar-refractivity contribution in [1.29, 1.82) is 0 Å². The van der Waals surface area contributed by atoms with E-state index >= 15 is 0 Å². The van der Waals surface area contributed by atoms with Crippen LogP contribution in [-0.2, 0) is 13.1 Å². The number of benzene rings is 1. The molecular weight excluding hydrogens is 465 g/mol.